The molecule has 0 radical (unpaired) electrons. The number of rotatable bonds is 4. The first-order chi connectivity index (χ1) is 7.79. The number of benzene rings is 1. The number of carbonyl (C=O) groups excluding carboxylic acids is 1. The Kier molecular flexibility index (Phi) is 3.25. The number of hydrogen-bond donors (Lipinski definition) is 1. The van der Waals surface area contributed by atoms with Crippen molar-refractivity contribution in [2.75, 3.05) is 0 Å². The molecule has 1 N–H and O–H groups in total. The zero-order chi connectivity index (χ0) is 11.4. The van der Waals surface area contributed by atoms with E-state index < -0.39 is 0 Å². The lowest BCUT2D eigenvalue weighted by atomic mass is 10.0. The first-order valence-electron chi connectivity index (χ1n) is 5.41. The summed E-state index contributed by atoms with van der Waals surface area (Å²) < 4.78 is 5.17. The van der Waals surface area contributed by atoms with Crippen molar-refractivity contribution in [1.82, 2.24) is 5.32 Å². The summed E-state index contributed by atoms with van der Waals surface area (Å²) in [4.78, 5) is 11.2. The van der Waals surface area contributed by atoms with Crippen LogP contribution in [0, 0.1) is 0 Å². The first kappa shape index (κ1) is 10.7. The minimum atomic E-state index is -0.326. The van der Waals surface area contributed by atoms with Gasteiger partial charge in [-0.2, -0.15) is 0 Å². The zero-order valence-electron chi connectivity index (χ0n) is 9.06. The average molecular weight is 217 g/mol. The molecule has 1 aromatic carbocycles. The molecule has 1 aromatic rings. The highest BCUT2D eigenvalue weighted by Crippen LogP contribution is 2.17. The monoisotopic (exact) mass is 217 g/mol. The molecule has 1 aliphatic rings. The van der Waals surface area contributed by atoms with Crippen LogP contribution in [0.5, 0.6) is 0 Å². The van der Waals surface area contributed by atoms with E-state index in [1.807, 2.05) is 18.2 Å². The third-order valence-electron chi connectivity index (χ3n) is 2.71. The normalized spacial score (nSPS) is 23.6. The van der Waals surface area contributed by atoms with Crippen molar-refractivity contribution < 1.29 is 9.53 Å². The van der Waals surface area contributed by atoms with Crippen LogP contribution in [0.3, 0.4) is 0 Å². The fraction of sp³-hybridized carbons (Fsp3) is 0.308. The van der Waals surface area contributed by atoms with E-state index in [1.54, 1.807) is 6.08 Å². The Morgan fingerprint density at radius 3 is 2.81 bits per heavy atom. The maximum absolute atomic E-state index is 11.2. The summed E-state index contributed by atoms with van der Waals surface area (Å²) in [7, 11) is 0. The number of amides is 1. The molecule has 0 spiro atoms. The van der Waals surface area contributed by atoms with Crippen LogP contribution in [0.15, 0.2) is 43.0 Å². The lowest BCUT2D eigenvalue weighted by Gasteiger charge is -2.15. The molecule has 0 aromatic heterocycles. The Morgan fingerprint density at radius 2 is 2.12 bits per heavy atom. The fourth-order valence-electron chi connectivity index (χ4n) is 1.93. The van der Waals surface area contributed by atoms with E-state index in [4.69, 9.17) is 4.74 Å². The van der Waals surface area contributed by atoms with E-state index in [0.717, 1.165) is 6.42 Å². The Balaban J connectivity index is 2.03. The predicted octanol–water partition coefficient (Wildman–Crippen LogP) is 2.28. The summed E-state index contributed by atoms with van der Waals surface area (Å²) >= 11 is 0. The van der Waals surface area contributed by atoms with Gasteiger partial charge in [0.05, 0.1) is 6.04 Å². The van der Waals surface area contributed by atoms with E-state index in [9.17, 15) is 4.79 Å². The summed E-state index contributed by atoms with van der Waals surface area (Å²) in [6.45, 7) is 3.67. The van der Waals surface area contributed by atoms with Gasteiger partial charge in [0.1, 0.15) is 6.10 Å². The smallest absolute Gasteiger partial charge is 0.407 e. The van der Waals surface area contributed by atoms with Crippen LogP contribution in [-0.2, 0) is 11.2 Å². The Hall–Kier alpha value is -1.77. The molecular weight excluding hydrogens is 202 g/mol. The second-order valence-corrected chi connectivity index (χ2v) is 3.91. The van der Waals surface area contributed by atoms with E-state index >= 15 is 0 Å². The van der Waals surface area contributed by atoms with Crippen molar-refractivity contribution >= 4 is 6.09 Å². The number of ether oxygens (including phenoxy) is 1. The van der Waals surface area contributed by atoms with Gasteiger partial charge in [-0.05, 0) is 12.0 Å². The van der Waals surface area contributed by atoms with Crippen LogP contribution in [0.1, 0.15) is 12.0 Å². The van der Waals surface area contributed by atoms with Crippen LogP contribution in [0.2, 0.25) is 0 Å². The van der Waals surface area contributed by atoms with Crippen LogP contribution >= 0.6 is 0 Å². The van der Waals surface area contributed by atoms with Crippen molar-refractivity contribution in [1.29, 1.82) is 0 Å². The van der Waals surface area contributed by atoms with Crippen molar-refractivity contribution in [3.8, 4) is 0 Å². The number of carbonyl (C=O) groups is 1. The summed E-state index contributed by atoms with van der Waals surface area (Å²) in [5, 5.41) is 2.83. The van der Waals surface area contributed by atoms with Gasteiger partial charge in [0.25, 0.3) is 0 Å². The highest BCUT2D eigenvalue weighted by molar-refractivity contribution is 5.70. The molecule has 1 saturated heterocycles. The molecule has 16 heavy (non-hydrogen) atoms. The quantitative estimate of drug-likeness (QED) is 0.786. The van der Waals surface area contributed by atoms with Gasteiger partial charge in [0, 0.05) is 6.42 Å². The summed E-state index contributed by atoms with van der Waals surface area (Å²) in [6.07, 6.45) is 2.85. The Morgan fingerprint density at radius 1 is 1.38 bits per heavy atom. The molecule has 0 aliphatic carbocycles. The van der Waals surface area contributed by atoms with Gasteiger partial charge in [0.2, 0.25) is 0 Å². The molecule has 0 saturated carbocycles. The summed E-state index contributed by atoms with van der Waals surface area (Å²) in [5.74, 6) is 0. The number of nitrogens with one attached hydrogen (secondary N) is 1. The second kappa shape index (κ2) is 4.84. The van der Waals surface area contributed by atoms with E-state index in [0.29, 0.717) is 6.42 Å². The Labute approximate surface area is 95.1 Å². The van der Waals surface area contributed by atoms with E-state index in [-0.39, 0.29) is 18.2 Å². The standard InChI is InChI=1S/C13H15NO2/c1-2-6-12-11(14-13(15)16-12)9-10-7-4-3-5-8-10/h2-5,7-8,11-12H,1,6,9H2,(H,14,15)/t11-,12-/m0/s1. The third-order valence-corrected chi connectivity index (χ3v) is 2.71. The van der Waals surface area contributed by atoms with Crippen LogP contribution in [-0.4, -0.2) is 18.2 Å². The summed E-state index contributed by atoms with van der Waals surface area (Å²) in [6, 6.07) is 10.1. The predicted molar refractivity (Wildman–Crippen MR) is 62.2 cm³/mol. The molecular formula is C13H15NO2. The van der Waals surface area contributed by atoms with Gasteiger partial charge in [-0.25, -0.2) is 4.79 Å². The minimum Gasteiger partial charge on any atom is -0.444 e. The molecule has 3 nitrogen and oxygen atoms in total. The van der Waals surface area contributed by atoms with Gasteiger partial charge < -0.3 is 10.1 Å². The molecule has 0 bridgehead atoms. The van der Waals surface area contributed by atoms with Crippen molar-refractivity contribution in [3.63, 3.8) is 0 Å². The number of hydrogen-bond acceptors (Lipinski definition) is 2. The molecule has 84 valence electrons. The Bertz CT molecular complexity index is 375. The van der Waals surface area contributed by atoms with Gasteiger partial charge in [0.15, 0.2) is 0 Å². The van der Waals surface area contributed by atoms with Gasteiger partial charge in [-0.1, -0.05) is 36.4 Å². The number of alkyl carbamates (subject to hydrolysis) is 1. The van der Waals surface area contributed by atoms with Crippen LogP contribution < -0.4 is 5.32 Å². The number of cyclic esters (lactones) is 1. The lowest BCUT2D eigenvalue weighted by molar-refractivity contribution is 0.133. The van der Waals surface area contributed by atoms with E-state index in [2.05, 4.69) is 24.0 Å². The fourth-order valence-corrected chi connectivity index (χ4v) is 1.93. The third kappa shape index (κ3) is 2.42. The molecule has 3 heteroatoms. The van der Waals surface area contributed by atoms with Crippen LogP contribution in [0.25, 0.3) is 0 Å². The topological polar surface area (TPSA) is 38.3 Å². The molecule has 1 amide bonds. The second-order valence-electron chi connectivity index (χ2n) is 3.91. The molecule has 2 atom stereocenters. The largest absolute Gasteiger partial charge is 0.444 e. The highest BCUT2D eigenvalue weighted by Gasteiger charge is 2.32. The van der Waals surface area contributed by atoms with Crippen molar-refractivity contribution in [2.45, 2.75) is 25.0 Å². The maximum atomic E-state index is 11.2. The van der Waals surface area contributed by atoms with E-state index in [1.165, 1.54) is 5.56 Å². The minimum absolute atomic E-state index is 0.0490. The van der Waals surface area contributed by atoms with Crippen molar-refractivity contribution in [2.24, 2.45) is 0 Å². The molecule has 1 aliphatic heterocycles. The summed E-state index contributed by atoms with van der Waals surface area (Å²) in [5.41, 5.74) is 1.20. The van der Waals surface area contributed by atoms with Gasteiger partial charge in [-0.15, -0.1) is 6.58 Å². The van der Waals surface area contributed by atoms with Gasteiger partial charge >= 0.3 is 6.09 Å². The lowest BCUT2D eigenvalue weighted by Crippen LogP contribution is -2.33. The highest BCUT2D eigenvalue weighted by atomic mass is 16.6. The molecule has 1 fully saturated rings. The maximum Gasteiger partial charge on any atom is 0.407 e. The zero-order valence-corrected chi connectivity index (χ0v) is 9.06. The average Bonchev–Trinajstić information content (AvgIpc) is 2.61. The molecule has 1 heterocycles. The van der Waals surface area contributed by atoms with Gasteiger partial charge in [-0.3, -0.25) is 0 Å². The molecule has 2 rings (SSSR count). The first-order valence-corrected chi connectivity index (χ1v) is 5.41. The van der Waals surface area contributed by atoms with Crippen LogP contribution in [0.4, 0.5) is 4.79 Å². The van der Waals surface area contributed by atoms with Crippen molar-refractivity contribution in [3.05, 3.63) is 48.6 Å². The SMILES string of the molecule is C=CC[C@@H]1OC(=O)N[C@H]1Cc1ccccc1. The molecule has 0 unspecified atom stereocenters.